The predicted octanol–water partition coefficient (Wildman–Crippen LogP) is 2.89. The van der Waals surface area contributed by atoms with Crippen molar-refractivity contribution >= 4 is 18.0 Å². The fourth-order valence-corrected chi connectivity index (χ4v) is 4.60. The molecule has 0 radical (unpaired) electrons. The highest BCUT2D eigenvalue weighted by molar-refractivity contribution is 5.97. The number of allylic oxidation sites excluding steroid dienone is 3. The number of rotatable bonds is 6. The zero-order chi connectivity index (χ0) is 20.2. The highest BCUT2D eigenvalue weighted by Crippen LogP contribution is 2.48. The van der Waals surface area contributed by atoms with Crippen LogP contribution < -0.4 is 10.6 Å². The van der Waals surface area contributed by atoms with Gasteiger partial charge in [-0.2, -0.15) is 0 Å². The van der Waals surface area contributed by atoms with Gasteiger partial charge in [-0.05, 0) is 63.7 Å². The second-order valence-corrected chi connectivity index (χ2v) is 7.90. The van der Waals surface area contributed by atoms with Crippen molar-refractivity contribution in [3.05, 3.63) is 35.5 Å². The summed E-state index contributed by atoms with van der Waals surface area (Å²) in [5, 5.41) is 13.4. The summed E-state index contributed by atoms with van der Waals surface area (Å²) in [5.74, 6) is 4.59. The van der Waals surface area contributed by atoms with Crippen LogP contribution in [0.3, 0.4) is 0 Å². The summed E-state index contributed by atoms with van der Waals surface area (Å²) in [6.07, 6.45) is 11.2. The van der Waals surface area contributed by atoms with Crippen molar-refractivity contribution < 1.29 is 14.0 Å². The highest BCUT2D eigenvalue weighted by atomic mass is 19.1. The molecule has 6 heteroatoms. The third-order valence-corrected chi connectivity index (χ3v) is 5.95. The summed E-state index contributed by atoms with van der Waals surface area (Å²) in [6, 6.07) is 0. The van der Waals surface area contributed by atoms with Gasteiger partial charge in [0.25, 0.3) is 5.91 Å². The maximum atomic E-state index is 13.5. The lowest BCUT2D eigenvalue weighted by atomic mass is 9.78. The van der Waals surface area contributed by atoms with Gasteiger partial charge in [0.2, 0.25) is 5.91 Å². The van der Waals surface area contributed by atoms with E-state index < -0.39 is 6.17 Å². The Bertz CT molecular complexity index is 832. The monoisotopic (exact) mass is 383 g/mol. The van der Waals surface area contributed by atoms with E-state index in [-0.39, 0.29) is 29.3 Å². The topological polar surface area (TPSA) is 82.1 Å². The Labute approximate surface area is 165 Å². The molecule has 0 heterocycles. The number of nitrogens with one attached hydrogen (secondary N) is 3. The summed E-state index contributed by atoms with van der Waals surface area (Å²) in [4.78, 5) is 25.3. The van der Waals surface area contributed by atoms with Gasteiger partial charge in [-0.1, -0.05) is 17.9 Å². The number of hydrogen-bond acceptors (Lipinski definition) is 3. The summed E-state index contributed by atoms with van der Waals surface area (Å²) < 4.78 is 13.5. The third-order valence-electron chi connectivity index (χ3n) is 5.95. The number of carbonyl (C=O) groups excluding carboxylic acids is 2. The maximum Gasteiger partial charge on any atom is 0.251 e. The van der Waals surface area contributed by atoms with Gasteiger partial charge < -0.3 is 16.0 Å². The van der Waals surface area contributed by atoms with Crippen LogP contribution in [-0.2, 0) is 9.59 Å². The first kappa shape index (κ1) is 20.1. The molecule has 0 aromatic rings. The van der Waals surface area contributed by atoms with Gasteiger partial charge in [0.15, 0.2) is 6.17 Å². The van der Waals surface area contributed by atoms with Crippen LogP contribution in [-0.4, -0.2) is 35.3 Å². The van der Waals surface area contributed by atoms with Crippen molar-refractivity contribution in [1.82, 2.24) is 10.6 Å². The molecule has 3 atom stereocenters. The molecule has 3 aliphatic rings. The zero-order valence-corrected chi connectivity index (χ0v) is 16.1. The number of carbonyl (C=O) groups is 2. The molecule has 3 rings (SSSR count). The van der Waals surface area contributed by atoms with Crippen molar-refractivity contribution in [3.63, 3.8) is 0 Å². The van der Waals surface area contributed by atoms with E-state index in [0.29, 0.717) is 17.6 Å². The van der Waals surface area contributed by atoms with Crippen molar-refractivity contribution in [2.75, 3.05) is 0 Å². The molecule has 0 aromatic carbocycles. The SMILES string of the molecule is C/C=C(\C=C/C=N)C(=O)NC12CCCC(NC(=O)C3=CC#CC(F)C3)(CC1)C2. The first-order chi connectivity index (χ1) is 13.4. The average molecular weight is 383 g/mol. The number of fused-ring (bicyclic) bond motifs is 2. The lowest BCUT2D eigenvalue weighted by Crippen LogP contribution is -2.55. The number of halogens is 1. The molecule has 2 bridgehead atoms. The van der Waals surface area contributed by atoms with Gasteiger partial charge >= 0.3 is 0 Å². The molecule has 5 nitrogen and oxygen atoms in total. The molecular formula is C22H26FN3O2. The van der Waals surface area contributed by atoms with Gasteiger partial charge in [0.05, 0.1) is 0 Å². The van der Waals surface area contributed by atoms with E-state index in [2.05, 4.69) is 22.5 Å². The van der Waals surface area contributed by atoms with Gasteiger partial charge in [-0.25, -0.2) is 4.39 Å². The second-order valence-electron chi connectivity index (χ2n) is 7.90. The van der Waals surface area contributed by atoms with Crippen LogP contribution in [0.2, 0.25) is 0 Å². The van der Waals surface area contributed by atoms with E-state index >= 15 is 0 Å². The quantitative estimate of drug-likeness (QED) is 0.285. The third kappa shape index (κ3) is 4.24. The predicted molar refractivity (Wildman–Crippen MR) is 107 cm³/mol. The van der Waals surface area contributed by atoms with Gasteiger partial charge in [0.1, 0.15) is 0 Å². The molecule has 148 valence electrons. The Kier molecular flexibility index (Phi) is 5.83. The Morgan fingerprint density at radius 2 is 1.96 bits per heavy atom. The van der Waals surface area contributed by atoms with Crippen LogP contribution in [0.25, 0.3) is 0 Å². The van der Waals surface area contributed by atoms with Crippen LogP contribution in [0.15, 0.2) is 35.5 Å². The van der Waals surface area contributed by atoms with Crippen molar-refractivity contribution in [2.24, 2.45) is 0 Å². The normalized spacial score (nSPS) is 31.6. The fraction of sp³-hybridized carbons (Fsp3) is 0.500. The van der Waals surface area contributed by atoms with Gasteiger partial charge in [0, 0.05) is 34.9 Å². The summed E-state index contributed by atoms with van der Waals surface area (Å²) in [5.41, 5.74) is 0.213. The van der Waals surface area contributed by atoms with E-state index in [0.717, 1.165) is 38.3 Å². The molecular weight excluding hydrogens is 357 g/mol. The van der Waals surface area contributed by atoms with Crippen molar-refractivity contribution in [3.8, 4) is 11.8 Å². The summed E-state index contributed by atoms with van der Waals surface area (Å²) >= 11 is 0. The van der Waals surface area contributed by atoms with E-state index in [1.165, 1.54) is 12.2 Å². The second kappa shape index (κ2) is 8.14. The molecule has 0 aromatic heterocycles. The first-order valence-electron chi connectivity index (χ1n) is 9.74. The van der Waals surface area contributed by atoms with E-state index in [4.69, 9.17) is 5.41 Å². The maximum absolute atomic E-state index is 13.5. The molecule has 0 saturated heterocycles. The van der Waals surface area contributed by atoms with E-state index in [1.807, 2.05) is 0 Å². The molecule has 3 unspecified atom stereocenters. The minimum atomic E-state index is -1.29. The lowest BCUT2D eigenvalue weighted by Gasteiger charge is -2.40. The summed E-state index contributed by atoms with van der Waals surface area (Å²) in [6.45, 7) is 1.79. The van der Waals surface area contributed by atoms with Crippen LogP contribution in [0.4, 0.5) is 4.39 Å². The molecule has 2 amide bonds. The minimum absolute atomic E-state index is 0.0286. The van der Waals surface area contributed by atoms with Crippen LogP contribution in [0.1, 0.15) is 51.9 Å². The van der Waals surface area contributed by atoms with Crippen LogP contribution in [0.5, 0.6) is 0 Å². The van der Waals surface area contributed by atoms with Gasteiger partial charge in [-0.3, -0.25) is 9.59 Å². The van der Waals surface area contributed by atoms with E-state index in [9.17, 15) is 14.0 Å². The van der Waals surface area contributed by atoms with Gasteiger partial charge in [-0.15, -0.1) is 0 Å². The Morgan fingerprint density at radius 1 is 1.25 bits per heavy atom. The number of amides is 2. The molecule has 2 saturated carbocycles. The van der Waals surface area contributed by atoms with Crippen molar-refractivity contribution in [1.29, 1.82) is 5.41 Å². The minimum Gasteiger partial charge on any atom is -0.347 e. The van der Waals surface area contributed by atoms with Crippen LogP contribution in [0, 0.1) is 17.3 Å². The number of hydrogen-bond donors (Lipinski definition) is 3. The fourth-order valence-electron chi connectivity index (χ4n) is 4.60. The Balaban J connectivity index is 1.69. The number of alkyl halides is 1. The molecule has 3 aliphatic carbocycles. The molecule has 0 aliphatic heterocycles. The molecule has 3 N–H and O–H groups in total. The lowest BCUT2D eigenvalue weighted by molar-refractivity contribution is -0.120. The van der Waals surface area contributed by atoms with E-state index in [1.54, 1.807) is 19.1 Å². The van der Waals surface area contributed by atoms with Crippen LogP contribution >= 0.6 is 0 Å². The largest absolute Gasteiger partial charge is 0.347 e. The average Bonchev–Trinajstić information content (AvgIpc) is 2.92. The smallest absolute Gasteiger partial charge is 0.251 e. The summed E-state index contributed by atoms with van der Waals surface area (Å²) in [7, 11) is 0. The molecule has 28 heavy (non-hydrogen) atoms. The zero-order valence-electron chi connectivity index (χ0n) is 16.1. The Hall–Kier alpha value is -2.68. The first-order valence-corrected chi connectivity index (χ1v) is 9.74. The molecule has 2 fully saturated rings. The molecule has 0 spiro atoms. The Morgan fingerprint density at radius 3 is 2.61 bits per heavy atom. The highest BCUT2D eigenvalue weighted by Gasteiger charge is 2.52. The van der Waals surface area contributed by atoms with Crippen molar-refractivity contribution in [2.45, 2.75) is 69.1 Å². The standard InChI is InChI=1S/C22H26FN3O2/c1-2-16(7-4-13-24)19(27)25-21-9-5-10-22(15-21,12-11-21)26-20(28)17-6-3-8-18(23)14-17/h2,4,6-7,13,18,24H,5,9-12,14-15H2,1H3,(H,25,27)(H,26,28)/b7-4-,16-2+,24-13?.